The van der Waals surface area contributed by atoms with Crippen molar-refractivity contribution in [2.45, 2.75) is 63.8 Å². The molecule has 0 spiro atoms. The van der Waals surface area contributed by atoms with E-state index in [0.29, 0.717) is 30.9 Å². The van der Waals surface area contributed by atoms with E-state index >= 15 is 0 Å². The van der Waals surface area contributed by atoms with Crippen LogP contribution in [0, 0.1) is 0 Å². The molecule has 0 unspecified atom stereocenters. The van der Waals surface area contributed by atoms with Gasteiger partial charge in [-0.1, -0.05) is 60.7 Å². The van der Waals surface area contributed by atoms with Crippen molar-refractivity contribution >= 4 is 17.8 Å². The molecule has 222 valence electrons. The van der Waals surface area contributed by atoms with Gasteiger partial charge in [0.1, 0.15) is 11.4 Å². The van der Waals surface area contributed by atoms with E-state index in [9.17, 15) is 9.59 Å². The molecule has 9 nitrogen and oxygen atoms in total. The largest absolute Gasteiger partial charge is 0.494 e. The van der Waals surface area contributed by atoms with Crippen molar-refractivity contribution < 1.29 is 28.9 Å². The molecule has 0 bridgehead atoms. The van der Waals surface area contributed by atoms with Gasteiger partial charge in [-0.2, -0.15) is 0 Å². The second-order valence-electron chi connectivity index (χ2n) is 11.1. The van der Waals surface area contributed by atoms with Crippen LogP contribution in [0.15, 0.2) is 89.9 Å². The lowest BCUT2D eigenvalue weighted by molar-refractivity contribution is -0.155. The molecule has 3 aromatic carbocycles. The molecule has 1 amide bonds. The Bertz CT molecular complexity index is 1340. The van der Waals surface area contributed by atoms with Crippen LogP contribution in [0.1, 0.15) is 62.8 Å². The van der Waals surface area contributed by atoms with Gasteiger partial charge in [0.05, 0.1) is 6.61 Å². The van der Waals surface area contributed by atoms with E-state index in [-0.39, 0.29) is 25.3 Å². The molecule has 42 heavy (non-hydrogen) atoms. The summed E-state index contributed by atoms with van der Waals surface area (Å²) in [5.74, 6) is 0.0826. The van der Waals surface area contributed by atoms with Crippen LogP contribution in [0.4, 0.5) is 0 Å². The summed E-state index contributed by atoms with van der Waals surface area (Å²) < 4.78 is 17.7. The minimum Gasteiger partial charge on any atom is -0.494 e. The zero-order valence-electron chi connectivity index (χ0n) is 24.3. The maximum atomic E-state index is 14.1. The van der Waals surface area contributed by atoms with E-state index < -0.39 is 29.1 Å². The fraction of sp³-hybridized carbons (Fsp3) is 0.364. The summed E-state index contributed by atoms with van der Waals surface area (Å²) in [5.41, 5.74) is 6.12. The zero-order valence-corrected chi connectivity index (χ0v) is 24.3. The fourth-order valence-electron chi connectivity index (χ4n) is 4.61. The number of hydrogen-bond donors (Lipinski definition) is 3. The van der Waals surface area contributed by atoms with Gasteiger partial charge in [-0.05, 0) is 62.6 Å². The number of nitrogens with one attached hydrogen (secondary N) is 2. The number of ether oxygens (including phenoxy) is 3. The highest BCUT2D eigenvalue weighted by Crippen LogP contribution is 2.43. The first-order valence-corrected chi connectivity index (χ1v) is 14.1. The number of carbonyl (C=O) groups excluding carboxylic acids is 2. The van der Waals surface area contributed by atoms with Crippen LogP contribution < -0.4 is 15.6 Å². The van der Waals surface area contributed by atoms with Crippen LogP contribution >= 0.6 is 0 Å². The second kappa shape index (κ2) is 14.1. The molecule has 1 aliphatic heterocycles. The summed E-state index contributed by atoms with van der Waals surface area (Å²) in [5, 5.41) is 9.01. The van der Waals surface area contributed by atoms with Crippen LogP contribution in [-0.4, -0.2) is 47.2 Å². The molecule has 0 fully saturated rings. The topological polar surface area (TPSA) is 118 Å². The maximum absolute atomic E-state index is 14.1. The third kappa shape index (κ3) is 8.18. The highest BCUT2D eigenvalue weighted by Gasteiger charge is 2.53. The number of aliphatic hydroxyl groups excluding tert-OH is 1. The molecular weight excluding hydrogens is 534 g/mol. The molecule has 1 heterocycles. The highest BCUT2D eigenvalue weighted by molar-refractivity contribution is 6.01. The number of aliphatic hydroxyl groups is 1. The highest BCUT2D eigenvalue weighted by atomic mass is 16.6. The number of carbonyl (C=O) groups is 2. The Morgan fingerprint density at radius 2 is 1.64 bits per heavy atom. The molecule has 4 rings (SSSR count). The predicted molar refractivity (Wildman–Crippen MR) is 160 cm³/mol. The third-order valence-electron chi connectivity index (χ3n) is 6.60. The molecule has 0 saturated heterocycles. The summed E-state index contributed by atoms with van der Waals surface area (Å²) in [6, 6.07) is 26.3. The van der Waals surface area contributed by atoms with Gasteiger partial charge < -0.3 is 19.3 Å². The number of hydrazine groups is 1. The Kier molecular flexibility index (Phi) is 10.3. The van der Waals surface area contributed by atoms with E-state index in [1.807, 2.05) is 72.8 Å². The molecule has 0 saturated carbocycles. The summed E-state index contributed by atoms with van der Waals surface area (Å²) in [6.45, 7) is 6.27. The summed E-state index contributed by atoms with van der Waals surface area (Å²) in [6.07, 6.45) is -0.240. The quantitative estimate of drug-likeness (QED) is 0.155. The monoisotopic (exact) mass is 573 g/mol. The first-order valence-electron chi connectivity index (χ1n) is 14.1. The minimum atomic E-state index is -1.46. The van der Waals surface area contributed by atoms with E-state index in [1.54, 1.807) is 32.9 Å². The number of hydrogen-bond acceptors (Lipinski definition) is 8. The van der Waals surface area contributed by atoms with Gasteiger partial charge in [0, 0.05) is 31.6 Å². The molecule has 0 aromatic heterocycles. The average Bonchev–Trinajstić information content (AvgIpc) is 3.38. The number of rotatable bonds is 13. The van der Waals surface area contributed by atoms with Gasteiger partial charge in [0.25, 0.3) is 5.91 Å². The van der Waals surface area contributed by atoms with E-state index in [1.165, 1.54) is 0 Å². The van der Waals surface area contributed by atoms with Crippen molar-refractivity contribution in [2.75, 3.05) is 13.2 Å². The number of esters is 1. The SMILES string of the molecule is CC(C)(C)OC(=O)CC[C@]1(C(=O)NNCc2ccccc2)N=C(c2ccc(OCCCO)cc2)O[C@H]1c1ccccc1. The van der Waals surface area contributed by atoms with Gasteiger partial charge in [0.2, 0.25) is 5.90 Å². The van der Waals surface area contributed by atoms with Crippen molar-refractivity contribution in [3.05, 3.63) is 102 Å². The lowest BCUT2D eigenvalue weighted by Gasteiger charge is -2.31. The lowest BCUT2D eigenvalue weighted by atomic mass is 9.83. The molecule has 3 aromatic rings. The summed E-state index contributed by atoms with van der Waals surface area (Å²) in [4.78, 5) is 31.8. The van der Waals surface area contributed by atoms with Crippen LogP contribution in [-0.2, 0) is 25.6 Å². The molecule has 0 radical (unpaired) electrons. The molecule has 1 aliphatic rings. The van der Waals surface area contributed by atoms with Crippen LogP contribution in [0.3, 0.4) is 0 Å². The van der Waals surface area contributed by atoms with Gasteiger partial charge in [-0.15, -0.1) is 0 Å². The van der Waals surface area contributed by atoms with Crippen molar-refractivity contribution in [1.82, 2.24) is 10.9 Å². The van der Waals surface area contributed by atoms with E-state index in [0.717, 1.165) is 11.1 Å². The van der Waals surface area contributed by atoms with E-state index in [2.05, 4.69) is 10.9 Å². The normalized spacial score (nSPS) is 18.1. The summed E-state index contributed by atoms with van der Waals surface area (Å²) >= 11 is 0. The molecule has 9 heteroatoms. The van der Waals surface area contributed by atoms with Gasteiger partial charge in [-0.3, -0.25) is 15.0 Å². The average molecular weight is 574 g/mol. The fourth-order valence-corrected chi connectivity index (χ4v) is 4.61. The number of benzene rings is 3. The van der Waals surface area contributed by atoms with Crippen LogP contribution in [0.25, 0.3) is 0 Å². The van der Waals surface area contributed by atoms with Crippen molar-refractivity contribution in [1.29, 1.82) is 0 Å². The predicted octanol–water partition coefficient (Wildman–Crippen LogP) is 4.65. The zero-order chi connectivity index (χ0) is 30.0. The smallest absolute Gasteiger partial charge is 0.306 e. The van der Waals surface area contributed by atoms with Gasteiger partial charge >= 0.3 is 5.97 Å². The second-order valence-corrected chi connectivity index (χ2v) is 11.1. The van der Waals surface area contributed by atoms with E-state index in [4.69, 9.17) is 24.3 Å². The number of aliphatic imine (C=N–C) groups is 1. The standard InChI is InChI=1S/C33H39N3O6/c1-32(2,3)42-28(38)19-20-33(31(39)36-34-23-24-11-6-4-7-12-24)29(25-13-8-5-9-14-25)41-30(35-33)26-15-17-27(18-16-26)40-22-10-21-37/h4-9,11-18,29,34,37H,10,19-23H2,1-3H3,(H,36,39)/t29-,33-/m0/s1. The Labute approximate surface area is 246 Å². The van der Waals surface area contributed by atoms with Crippen molar-refractivity contribution in [2.24, 2.45) is 4.99 Å². The first-order chi connectivity index (χ1) is 20.2. The minimum absolute atomic E-state index is 0.0372. The van der Waals surface area contributed by atoms with Crippen molar-refractivity contribution in [3.8, 4) is 5.75 Å². The summed E-state index contributed by atoms with van der Waals surface area (Å²) in [7, 11) is 0. The Balaban J connectivity index is 1.65. The molecule has 2 atom stereocenters. The molecular formula is C33H39N3O6. The van der Waals surface area contributed by atoms with Gasteiger partial charge in [0.15, 0.2) is 11.6 Å². The number of amides is 1. The Hall–Kier alpha value is -4.21. The van der Waals surface area contributed by atoms with Crippen LogP contribution in [0.2, 0.25) is 0 Å². The lowest BCUT2D eigenvalue weighted by Crippen LogP contribution is -2.52. The first kappa shape index (κ1) is 30.7. The van der Waals surface area contributed by atoms with Gasteiger partial charge in [-0.25, -0.2) is 10.4 Å². The number of nitrogens with zero attached hydrogens (tertiary/aromatic N) is 1. The van der Waals surface area contributed by atoms with Crippen LogP contribution in [0.5, 0.6) is 5.75 Å². The Morgan fingerprint density at radius 3 is 2.29 bits per heavy atom. The molecule has 0 aliphatic carbocycles. The Morgan fingerprint density at radius 1 is 0.976 bits per heavy atom. The maximum Gasteiger partial charge on any atom is 0.306 e. The third-order valence-corrected chi connectivity index (χ3v) is 6.60. The molecule has 3 N–H and O–H groups in total. The van der Waals surface area contributed by atoms with Crippen molar-refractivity contribution in [3.63, 3.8) is 0 Å².